The van der Waals surface area contributed by atoms with Gasteiger partial charge in [0, 0.05) is 23.3 Å². The minimum Gasteiger partial charge on any atom is -0.342 e. The maximum atomic E-state index is 12.3. The molecule has 1 saturated carbocycles. The van der Waals surface area contributed by atoms with Gasteiger partial charge in [0.2, 0.25) is 0 Å². The number of thiazole rings is 1. The van der Waals surface area contributed by atoms with Crippen LogP contribution in [0.3, 0.4) is 0 Å². The van der Waals surface area contributed by atoms with Crippen molar-refractivity contribution in [2.24, 2.45) is 0 Å². The molecule has 0 bridgehead atoms. The molecule has 0 unspecified atom stereocenters. The average molecular weight is 317 g/mol. The lowest BCUT2D eigenvalue weighted by molar-refractivity contribution is 0.102. The van der Waals surface area contributed by atoms with Gasteiger partial charge in [-0.15, -0.1) is 11.3 Å². The summed E-state index contributed by atoms with van der Waals surface area (Å²) in [5, 5.41) is 7.04. The lowest BCUT2D eigenvalue weighted by atomic mass is 10.2. The van der Waals surface area contributed by atoms with Crippen LogP contribution in [-0.2, 0) is 0 Å². The Morgan fingerprint density at radius 2 is 2.23 bits per heavy atom. The van der Waals surface area contributed by atoms with Crippen LogP contribution in [0, 0.1) is 0 Å². The van der Waals surface area contributed by atoms with Crippen molar-refractivity contribution < 1.29 is 4.79 Å². The minimum atomic E-state index is -0.615. The first-order chi connectivity index (χ1) is 10.6. The number of hydrogen-bond donors (Lipinski definition) is 3. The number of aromatic amines is 2. The molecule has 112 valence electrons. The van der Waals surface area contributed by atoms with E-state index >= 15 is 0 Å². The molecule has 9 heteroatoms. The van der Waals surface area contributed by atoms with Crippen molar-refractivity contribution in [3.05, 3.63) is 49.6 Å². The molecule has 0 spiro atoms. The molecule has 1 aliphatic carbocycles. The molecule has 0 atom stereocenters. The van der Waals surface area contributed by atoms with Gasteiger partial charge in [-0.25, -0.2) is 4.98 Å². The molecule has 1 aliphatic rings. The fourth-order valence-corrected chi connectivity index (χ4v) is 2.88. The highest BCUT2D eigenvalue weighted by Gasteiger charge is 2.27. The maximum Gasteiger partial charge on any atom is 0.279 e. The molecule has 0 saturated heterocycles. The number of hydrogen-bond acceptors (Lipinski definition) is 5. The molecule has 3 aromatic rings. The number of H-pyrrole nitrogens is 2. The van der Waals surface area contributed by atoms with E-state index in [1.54, 1.807) is 11.6 Å². The third kappa shape index (κ3) is 2.06. The summed E-state index contributed by atoms with van der Waals surface area (Å²) < 4.78 is 1.06. The van der Waals surface area contributed by atoms with E-state index in [9.17, 15) is 14.4 Å². The molecule has 22 heavy (non-hydrogen) atoms. The molecule has 8 nitrogen and oxygen atoms in total. The van der Waals surface area contributed by atoms with Crippen LogP contribution in [-0.4, -0.2) is 25.5 Å². The zero-order chi connectivity index (χ0) is 15.3. The van der Waals surface area contributed by atoms with Crippen molar-refractivity contribution in [2.75, 3.05) is 5.32 Å². The number of aromatic nitrogens is 4. The van der Waals surface area contributed by atoms with E-state index in [0.717, 1.165) is 23.1 Å². The Hall–Kier alpha value is -2.68. The second-order valence-corrected chi connectivity index (χ2v) is 6.02. The number of amides is 1. The van der Waals surface area contributed by atoms with Crippen LogP contribution in [0.4, 0.5) is 5.13 Å². The first kappa shape index (κ1) is 13.0. The molecular weight excluding hydrogens is 306 g/mol. The molecule has 1 fully saturated rings. The smallest absolute Gasteiger partial charge is 0.279 e. The zero-order valence-electron chi connectivity index (χ0n) is 11.3. The van der Waals surface area contributed by atoms with Crippen LogP contribution >= 0.6 is 11.3 Å². The van der Waals surface area contributed by atoms with Crippen LogP contribution in [0.2, 0.25) is 0 Å². The Morgan fingerprint density at radius 1 is 1.41 bits per heavy atom. The molecular formula is C13H11N5O3S. The van der Waals surface area contributed by atoms with Crippen molar-refractivity contribution in [1.29, 1.82) is 0 Å². The van der Waals surface area contributed by atoms with Gasteiger partial charge >= 0.3 is 0 Å². The Kier molecular flexibility index (Phi) is 2.76. The van der Waals surface area contributed by atoms with Crippen molar-refractivity contribution in [1.82, 2.24) is 19.6 Å². The second kappa shape index (κ2) is 4.67. The molecule has 3 N–H and O–H groups in total. The van der Waals surface area contributed by atoms with E-state index in [0.29, 0.717) is 11.0 Å². The number of fused-ring (bicyclic) bond motifs is 1. The molecule has 4 rings (SSSR count). The average Bonchev–Trinajstić information content (AvgIpc) is 3.10. The first-order valence-electron chi connectivity index (χ1n) is 6.72. The lowest BCUT2D eigenvalue weighted by Gasteiger charge is -2.02. The lowest BCUT2D eigenvalue weighted by Crippen LogP contribution is -2.19. The van der Waals surface area contributed by atoms with E-state index in [4.69, 9.17) is 0 Å². The third-order valence-corrected chi connectivity index (χ3v) is 4.25. The molecule has 0 radical (unpaired) electrons. The van der Waals surface area contributed by atoms with Gasteiger partial charge in [0.25, 0.3) is 17.0 Å². The van der Waals surface area contributed by atoms with Gasteiger partial charge < -0.3 is 4.98 Å². The van der Waals surface area contributed by atoms with E-state index < -0.39 is 11.5 Å². The van der Waals surface area contributed by atoms with Crippen LogP contribution in [0.5, 0.6) is 0 Å². The topological polar surface area (TPSA) is 112 Å². The van der Waals surface area contributed by atoms with Gasteiger partial charge in [0.1, 0.15) is 5.56 Å². The van der Waals surface area contributed by atoms with Gasteiger partial charge in [0.05, 0.1) is 0 Å². The fourth-order valence-electron chi connectivity index (χ4n) is 2.36. The highest BCUT2D eigenvalue weighted by Crippen LogP contribution is 2.38. The number of nitrogens with one attached hydrogen (secondary N) is 3. The second-order valence-electron chi connectivity index (χ2n) is 5.13. The summed E-state index contributed by atoms with van der Waals surface area (Å²) in [6.45, 7) is 0. The van der Waals surface area contributed by atoms with E-state index in [-0.39, 0.29) is 16.8 Å². The Labute approximate surface area is 126 Å². The van der Waals surface area contributed by atoms with Crippen molar-refractivity contribution >= 4 is 28.0 Å². The van der Waals surface area contributed by atoms with E-state index in [1.807, 2.05) is 0 Å². The zero-order valence-corrected chi connectivity index (χ0v) is 12.1. The Balaban J connectivity index is 1.85. The summed E-state index contributed by atoms with van der Waals surface area (Å²) in [5.41, 5.74) is -0.146. The van der Waals surface area contributed by atoms with Crippen LogP contribution in [0.1, 0.15) is 34.8 Å². The summed E-state index contributed by atoms with van der Waals surface area (Å²) in [6, 6.07) is 1.46. The van der Waals surface area contributed by atoms with E-state index in [1.165, 1.54) is 17.4 Å². The quantitative estimate of drug-likeness (QED) is 0.666. The van der Waals surface area contributed by atoms with Crippen molar-refractivity contribution in [2.45, 2.75) is 18.8 Å². The summed E-state index contributed by atoms with van der Waals surface area (Å²) in [7, 11) is 0. The number of nitrogens with zero attached hydrogens (tertiary/aromatic N) is 2. The predicted molar refractivity (Wildman–Crippen MR) is 80.7 cm³/mol. The minimum absolute atomic E-state index is 0.116. The highest BCUT2D eigenvalue weighted by atomic mass is 32.1. The normalized spacial score (nSPS) is 14.4. The first-order valence-corrected chi connectivity index (χ1v) is 7.60. The number of carbonyl (C=O) groups excluding carboxylic acids is 1. The molecule has 3 heterocycles. The van der Waals surface area contributed by atoms with Crippen LogP contribution in [0.25, 0.3) is 5.65 Å². The van der Waals surface area contributed by atoms with Gasteiger partial charge in [-0.05, 0) is 18.8 Å². The summed E-state index contributed by atoms with van der Waals surface area (Å²) in [5.74, 6) is -0.292. The predicted octanol–water partition coefficient (Wildman–Crippen LogP) is 0.902. The number of anilines is 1. The number of carbonyl (C=O) groups is 1. The summed E-state index contributed by atoms with van der Waals surface area (Å²) in [6.07, 6.45) is 3.55. The van der Waals surface area contributed by atoms with Crippen molar-refractivity contribution in [3.63, 3.8) is 0 Å². The Morgan fingerprint density at radius 3 is 2.91 bits per heavy atom. The third-order valence-electron chi connectivity index (χ3n) is 3.56. The molecule has 0 aliphatic heterocycles. The SMILES string of the molecule is O=C(Nc1nccs1)c1c(=O)[nH]n2c(=O)cc(C3CC3)[nH]c12. The van der Waals surface area contributed by atoms with Crippen molar-refractivity contribution in [3.8, 4) is 0 Å². The van der Waals surface area contributed by atoms with Gasteiger partial charge in [-0.1, -0.05) is 0 Å². The molecule has 0 aromatic carbocycles. The highest BCUT2D eigenvalue weighted by molar-refractivity contribution is 7.13. The van der Waals surface area contributed by atoms with Gasteiger partial charge in [-0.3, -0.25) is 24.8 Å². The molecule has 3 aromatic heterocycles. The standard InChI is InChI=1S/C13H11N5O3S/c19-8-5-7(6-1-2-6)15-10-9(12(21)17-18(8)10)11(20)16-13-14-3-4-22-13/h3-6,15H,1-2H2,(H,17,21)(H,14,16,20). The Bertz CT molecular complexity index is 977. The fraction of sp³-hybridized carbons (Fsp3) is 0.231. The summed E-state index contributed by atoms with van der Waals surface area (Å²) >= 11 is 1.25. The van der Waals surface area contributed by atoms with E-state index in [2.05, 4.69) is 20.4 Å². The molecule has 1 amide bonds. The van der Waals surface area contributed by atoms with Crippen LogP contribution in [0.15, 0.2) is 27.2 Å². The summed E-state index contributed by atoms with van der Waals surface area (Å²) in [4.78, 5) is 43.4. The monoisotopic (exact) mass is 317 g/mol. The largest absolute Gasteiger partial charge is 0.342 e. The maximum absolute atomic E-state index is 12.3. The number of rotatable bonds is 3. The van der Waals surface area contributed by atoms with Gasteiger partial charge in [-0.2, -0.15) is 4.52 Å². The van der Waals surface area contributed by atoms with Gasteiger partial charge in [0.15, 0.2) is 10.8 Å². The van der Waals surface area contributed by atoms with Crippen LogP contribution < -0.4 is 16.4 Å².